The molecule has 23 heavy (non-hydrogen) atoms. The Morgan fingerprint density at radius 2 is 2.00 bits per heavy atom. The van der Waals surface area contributed by atoms with Crippen LogP contribution in [0.3, 0.4) is 0 Å². The fraction of sp³-hybridized carbons (Fsp3) is 0.438. The molecule has 5 nitrogen and oxygen atoms in total. The van der Waals surface area contributed by atoms with E-state index in [0.717, 1.165) is 18.6 Å². The van der Waals surface area contributed by atoms with Crippen LogP contribution in [-0.2, 0) is 14.8 Å². The molecule has 0 saturated heterocycles. The molecule has 0 spiro atoms. The zero-order chi connectivity index (χ0) is 17.0. The van der Waals surface area contributed by atoms with Gasteiger partial charge in [0.1, 0.15) is 5.82 Å². The minimum atomic E-state index is -3.67. The number of rotatable bonds is 5. The molecule has 1 atom stereocenters. The largest absolute Gasteiger partial charge is 0.350 e. The van der Waals surface area contributed by atoms with Crippen molar-refractivity contribution in [2.24, 2.45) is 0 Å². The molecule has 1 aromatic carbocycles. The minimum Gasteiger partial charge on any atom is -0.350 e. The first-order valence-electron chi connectivity index (χ1n) is 7.60. The predicted molar refractivity (Wildman–Crippen MR) is 85.8 cm³/mol. The number of carbonyl (C=O) groups is 1. The van der Waals surface area contributed by atoms with Crippen LogP contribution in [0.1, 0.15) is 26.7 Å². The summed E-state index contributed by atoms with van der Waals surface area (Å²) in [5.41, 5.74) is 0.607. The molecule has 7 heteroatoms. The average Bonchev–Trinajstić information content (AvgIpc) is 2.55. The smallest absolute Gasteiger partial charge is 0.247 e. The second kappa shape index (κ2) is 7.23. The van der Waals surface area contributed by atoms with Crippen LogP contribution in [0.4, 0.5) is 4.39 Å². The molecule has 0 radical (unpaired) electrons. The highest BCUT2D eigenvalue weighted by Crippen LogP contribution is 2.21. The maximum absolute atomic E-state index is 12.9. The van der Waals surface area contributed by atoms with Gasteiger partial charge < -0.3 is 5.32 Å². The lowest BCUT2D eigenvalue weighted by atomic mass is 10.1. The van der Waals surface area contributed by atoms with Crippen LogP contribution in [-0.4, -0.2) is 37.8 Å². The summed E-state index contributed by atoms with van der Waals surface area (Å²) in [6, 6.07) is 4.83. The van der Waals surface area contributed by atoms with E-state index in [1.54, 1.807) is 6.08 Å². The van der Waals surface area contributed by atoms with Crippen molar-refractivity contribution < 1.29 is 17.6 Å². The van der Waals surface area contributed by atoms with E-state index in [9.17, 15) is 17.6 Å². The van der Waals surface area contributed by atoms with Crippen molar-refractivity contribution in [1.82, 2.24) is 9.62 Å². The van der Waals surface area contributed by atoms with Gasteiger partial charge in [0.05, 0.1) is 4.90 Å². The molecule has 0 aromatic heterocycles. The average molecular weight is 340 g/mol. The quantitative estimate of drug-likeness (QED) is 0.892. The zero-order valence-electron chi connectivity index (χ0n) is 13.3. The summed E-state index contributed by atoms with van der Waals surface area (Å²) < 4.78 is 39.2. The molecule has 1 amide bonds. The highest BCUT2D eigenvalue weighted by Gasteiger charge is 2.27. The van der Waals surface area contributed by atoms with Crippen LogP contribution >= 0.6 is 0 Å². The van der Waals surface area contributed by atoms with E-state index < -0.39 is 15.8 Å². The van der Waals surface area contributed by atoms with Crippen molar-refractivity contribution >= 4 is 15.9 Å². The van der Waals surface area contributed by atoms with Gasteiger partial charge >= 0.3 is 0 Å². The van der Waals surface area contributed by atoms with E-state index in [0.29, 0.717) is 12.0 Å². The molecule has 1 aliphatic heterocycles. The highest BCUT2D eigenvalue weighted by molar-refractivity contribution is 7.89. The van der Waals surface area contributed by atoms with Crippen LogP contribution in [0, 0.1) is 5.82 Å². The second-order valence-electron chi connectivity index (χ2n) is 5.58. The Morgan fingerprint density at radius 3 is 2.52 bits per heavy atom. The van der Waals surface area contributed by atoms with Gasteiger partial charge in [0.2, 0.25) is 15.9 Å². The van der Waals surface area contributed by atoms with E-state index in [-0.39, 0.29) is 29.9 Å². The maximum atomic E-state index is 12.9. The summed E-state index contributed by atoms with van der Waals surface area (Å²) in [6.45, 7) is 4.28. The summed E-state index contributed by atoms with van der Waals surface area (Å²) in [6.07, 6.45) is 2.84. The molecule has 1 unspecified atom stereocenters. The Morgan fingerprint density at radius 1 is 1.35 bits per heavy atom. The highest BCUT2D eigenvalue weighted by atomic mass is 32.2. The maximum Gasteiger partial charge on any atom is 0.247 e. The summed E-state index contributed by atoms with van der Waals surface area (Å²) in [5, 5.41) is 2.87. The van der Waals surface area contributed by atoms with Crippen LogP contribution in [0.25, 0.3) is 0 Å². The van der Waals surface area contributed by atoms with Crippen molar-refractivity contribution in [1.29, 1.82) is 0 Å². The van der Waals surface area contributed by atoms with Crippen molar-refractivity contribution in [3.8, 4) is 0 Å². The Balaban J connectivity index is 2.08. The molecule has 0 aliphatic carbocycles. The number of hydrogen-bond acceptors (Lipinski definition) is 3. The van der Waals surface area contributed by atoms with E-state index in [2.05, 4.69) is 5.32 Å². The van der Waals surface area contributed by atoms with E-state index >= 15 is 0 Å². The van der Waals surface area contributed by atoms with Gasteiger partial charge in [-0.1, -0.05) is 13.0 Å². The summed E-state index contributed by atoms with van der Waals surface area (Å²) in [4.78, 5) is 12.1. The first-order valence-corrected chi connectivity index (χ1v) is 9.04. The van der Waals surface area contributed by atoms with Gasteiger partial charge in [0, 0.05) is 24.7 Å². The van der Waals surface area contributed by atoms with E-state index in [1.807, 2.05) is 13.8 Å². The van der Waals surface area contributed by atoms with Crippen LogP contribution in [0.2, 0.25) is 0 Å². The molecule has 2 rings (SSSR count). The predicted octanol–water partition coefficient (Wildman–Crippen LogP) is 2.06. The summed E-state index contributed by atoms with van der Waals surface area (Å²) >= 11 is 0. The SMILES string of the molecule is CCC(C)NC(=O)C1=CCN(S(=O)(=O)c2ccc(F)cc2)CC1. The second-order valence-corrected chi connectivity index (χ2v) is 7.52. The molecule has 0 saturated carbocycles. The first kappa shape index (κ1) is 17.6. The number of nitrogens with one attached hydrogen (secondary N) is 1. The monoisotopic (exact) mass is 340 g/mol. The third kappa shape index (κ3) is 4.17. The first-order chi connectivity index (χ1) is 10.8. The lowest BCUT2D eigenvalue weighted by molar-refractivity contribution is -0.118. The Hall–Kier alpha value is -1.73. The lowest BCUT2D eigenvalue weighted by Crippen LogP contribution is -2.39. The number of benzene rings is 1. The van der Waals surface area contributed by atoms with Gasteiger partial charge in [-0.15, -0.1) is 0 Å². The van der Waals surface area contributed by atoms with Gasteiger partial charge in [-0.25, -0.2) is 12.8 Å². The fourth-order valence-electron chi connectivity index (χ4n) is 2.25. The molecule has 1 heterocycles. The zero-order valence-corrected chi connectivity index (χ0v) is 14.1. The van der Waals surface area contributed by atoms with Crippen molar-refractivity contribution in [3.05, 3.63) is 41.7 Å². The van der Waals surface area contributed by atoms with Gasteiger partial charge in [0.25, 0.3) is 0 Å². The molecule has 1 aromatic rings. The molecule has 1 aliphatic rings. The van der Waals surface area contributed by atoms with E-state index in [1.165, 1.54) is 16.4 Å². The normalized spacial score (nSPS) is 17.4. The van der Waals surface area contributed by atoms with Crippen LogP contribution < -0.4 is 5.32 Å². The Labute approximate surface area is 136 Å². The van der Waals surface area contributed by atoms with Crippen molar-refractivity contribution in [3.63, 3.8) is 0 Å². The minimum absolute atomic E-state index is 0.0554. The Kier molecular flexibility index (Phi) is 5.54. The van der Waals surface area contributed by atoms with Gasteiger partial charge in [0.15, 0.2) is 0 Å². The molecule has 0 fully saturated rings. The molecule has 1 N–H and O–H groups in total. The standard InChI is InChI=1S/C16H21FN2O3S/c1-3-12(2)18-16(20)13-8-10-19(11-9-13)23(21,22)15-6-4-14(17)5-7-15/h4-8,12H,3,9-11H2,1-2H3,(H,18,20). The Bertz CT molecular complexity index is 699. The topological polar surface area (TPSA) is 66.5 Å². The number of amides is 1. The number of halogens is 1. The van der Waals surface area contributed by atoms with Gasteiger partial charge in [-0.05, 0) is 44.0 Å². The van der Waals surface area contributed by atoms with Gasteiger partial charge in [-0.3, -0.25) is 4.79 Å². The summed E-state index contributed by atoms with van der Waals surface area (Å²) in [5.74, 6) is -0.621. The molecular weight excluding hydrogens is 319 g/mol. The number of carbonyl (C=O) groups excluding carboxylic acids is 1. The van der Waals surface area contributed by atoms with Crippen LogP contribution in [0.15, 0.2) is 40.8 Å². The molecule has 126 valence electrons. The van der Waals surface area contributed by atoms with E-state index in [4.69, 9.17) is 0 Å². The van der Waals surface area contributed by atoms with Crippen molar-refractivity contribution in [2.45, 2.75) is 37.6 Å². The molecule has 0 bridgehead atoms. The summed E-state index contributed by atoms with van der Waals surface area (Å²) in [7, 11) is -3.67. The lowest BCUT2D eigenvalue weighted by Gasteiger charge is -2.26. The van der Waals surface area contributed by atoms with Gasteiger partial charge in [-0.2, -0.15) is 4.31 Å². The molecular formula is C16H21FN2O3S. The number of sulfonamides is 1. The fourth-order valence-corrected chi connectivity index (χ4v) is 3.63. The van der Waals surface area contributed by atoms with Crippen LogP contribution in [0.5, 0.6) is 0 Å². The number of nitrogens with zero attached hydrogens (tertiary/aromatic N) is 1. The number of hydrogen-bond donors (Lipinski definition) is 1. The third-order valence-corrected chi connectivity index (χ3v) is 5.78. The third-order valence-electron chi connectivity index (χ3n) is 3.90. The van der Waals surface area contributed by atoms with Crippen molar-refractivity contribution in [2.75, 3.05) is 13.1 Å².